The number of aromatic hydroxyl groups is 1. The lowest BCUT2D eigenvalue weighted by Gasteiger charge is -2.42. The zero-order valence-corrected chi connectivity index (χ0v) is 15.0. The molecule has 24 heavy (non-hydrogen) atoms. The van der Waals surface area contributed by atoms with Gasteiger partial charge < -0.3 is 5.11 Å². The van der Waals surface area contributed by atoms with Gasteiger partial charge in [0.1, 0.15) is 16.8 Å². The molecule has 0 saturated heterocycles. The highest BCUT2D eigenvalue weighted by atomic mass is 16.3. The maximum absolute atomic E-state index is 10.4. The van der Waals surface area contributed by atoms with E-state index in [0.717, 1.165) is 16.6 Å². The van der Waals surface area contributed by atoms with Gasteiger partial charge in [0, 0.05) is 11.0 Å². The predicted molar refractivity (Wildman–Crippen MR) is 97.2 cm³/mol. The summed E-state index contributed by atoms with van der Waals surface area (Å²) < 4.78 is 0. The van der Waals surface area contributed by atoms with Crippen LogP contribution in [0, 0.1) is 5.41 Å². The number of aromatic nitrogens is 3. The first-order valence-electron chi connectivity index (χ1n) is 8.31. The van der Waals surface area contributed by atoms with Gasteiger partial charge in [0.25, 0.3) is 0 Å². The summed E-state index contributed by atoms with van der Waals surface area (Å²) in [5, 5.41) is 19.8. The van der Waals surface area contributed by atoms with E-state index in [1.165, 1.54) is 0 Å². The van der Waals surface area contributed by atoms with Crippen molar-refractivity contribution in [1.29, 1.82) is 0 Å². The highest BCUT2D eigenvalue weighted by Gasteiger charge is 2.43. The third-order valence-electron chi connectivity index (χ3n) is 4.64. The average molecular weight is 323 g/mol. The lowest BCUT2D eigenvalue weighted by Crippen LogP contribution is -2.41. The molecule has 1 aromatic heterocycles. The van der Waals surface area contributed by atoms with Crippen molar-refractivity contribution in [3.8, 4) is 5.75 Å². The van der Waals surface area contributed by atoms with Crippen molar-refractivity contribution in [1.82, 2.24) is 15.0 Å². The van der Waals surface area contributed by atoms with Crippen LogP contribution in [-0.2, 0) is 5.41 Å². The maximum atomic E-state index is 10.4. The molecule has 0 aliphatic heterocycles. The highest BCUT2D eigenvalue weighted by Crippen LogP contribution is 2.47. The van der Waals surface area contributed by atoms with Crippen LogP contribution in [0.15, 0.2) is 48.5 Å². The molecule has 3 rings (SSSR count). The number of hydrogen-bond donors (Lipinski definition) is 1. The van der Waals surface area contributed by atoms with Crippen LogP contribution in [0.2, 0.25) is 0 Å². The summed E-state index contributed by atoms with van der Waals surface area (Å²) in [5.74, 6) is 0.313. The molecule has 1 atom stereocenters. The van der Waals surface area contributed by atoms with Gasteiger partial charge >= 0.3 is 0 Å². The number of rotatable bonds is 3. The molecule has 0 aliphatic carbocycles. The molecule has 1 unspecified atom stereocenters. The van der Waals surface area contributed by atoms with Crippen molar-refractivity contribution >= 4 is 11.0 Å². The first-order valence-corrected chi connectivity index (χ1v) is 8.31. The second-order valence-corrected chi connectivity index (χ2v) is 8.02. The molecule has 1 N–H and O–H groups in total. The Bertz CT molecular complexity index is 825. The van der Waals surface area contributed by atoms with Gasteiger partial charge in [-0.3, -0.25) is 0 Å². The Balaban J connectivity index is 2.18. The minimum absolute atomic E-state index is 0.0225. The monoisotopic (exact) mass is 323 g/mol. The van der Waals surface area contributed by atoms with Crippen LogP contribution in [0.1, 0.15) is 46.2 Å². The molecule has 0 radical (unpaired) electrons. The van der Waals surface area contributed by atoms with Crippen molar-refractivity contribution in [2.24, 2.45) is 5.41 Å². The van der Waals surface area contributed by atoms with E-state index in [0.29, 0.717) is 5.75 Å². The normalized spacial score (nSPS) is 14.0. The predicted octanol–water partition coefficient (Wildman–Crippen LogP) is 4.70. The number of hydrogen-bond acceptors (Lipinski definition) is 3. The molecule has 126 valence electrons. The molecule has 2 aromatic carbocycles. The molecular formula is C20H25N3O. The van der Waals surface area contributed by atoms with Gasteiger partial charge in [-0.25, -0.2) is 0 Å². The first-order chi connectivity index (χ1) is 11.2. The summed E-state index contributed by atoms with van der Waals surface area (Å²) in [5.41, 5.74) is 2.24. The molecule has 0 aliphatic rings. The van der Waals surface area contributed by atoms with Gasteiger partial charge in [-0.2, -0.15) is 15.0 Å². The van der Waals surface area contributed by atoms with E-state index in [1.54, 1.807) is 6.07 Å². The molecule has 0 bridgehead atoms. The quantitative estimate of drug-likeness (QED) is 0.760. The van der Waals surface area contributed by atoms with E-state index in [4.69, 9.17) is 10.2 Å². The van der Waals surface area contributed by atoms with Crippen molar-refractivity contribution in [3.05, 3.63) is 54.1 Å². The van der Waals surface area contributed by atoms with Crippen LogP contribution < -0.4 is 0 Å². The number of fused-ring (bicyclic) bond motifs is 1. The van der Waals surface area contributed by atoms with Gasteiger partial charge in [-0.15, -0.1) is 0 Å². The summed E-state index contributed by atoms with van der Waals surface area (Å²) in [6, 6.07) is 15.4. The lowest BCUT2D eigenvalue weighted by atomic mass is 9.67. The van der Waals surface area contributed by atoms with E-state index in [2.05, 4.69) is 34.6 Å². The standard InChI is InChI=1S/C20H25N3O/c1-19(2,3)18(20(4,5)14-10-6-9-13-17(14)24)23-21-15-11-7-8-12-16(15)22-23/h6-13,18,24H,1-5H3. The van der Waals surface area contributed by atoms with Crippen LogP contribution in [-0.4, -0.2) is 20.1 Å². The van der Waals surface area contributed by atoms with E-state index in [9.17, 15) is 5.11 Å². The minimum atomic E-state index is -0.349. The molecule has 3 aromatic rings. The number of phenols is 1. The fourth-order valence-corrected chi connectivity index (χ4v) is 3.88. The van der Waals surface area contributed by atoms with Gasteiger partial charge in [-0.1, -0.05) is 65.0 Å². The summed E-state index contributed by atoms with van der Waals surface area (Å²) in [4.78, 5) is 1.83. The fraction of sp³-hybridized carbons (Fsp3) is 0.400. The van der Waals surface area contributed by atoms with Gasteiger partial charge in [0.2, 0.25) is 0 Å². The van der Waals surface area contributed by atoms with E-state index in [1.807, 2.05) is 47.3 Å². The van der Waals surface area contributed by atoms with Gasteiger partial charge in [-0.05, 0) is 23.6 Å². The fourth-order valence-electron chi connectivity index (χ4n) is 3.88. The van der Waals surface area contributed by atoms with Crippen LogP contribution in [0.25, 0.3) is 11.0 Å². The number of phenolic OH excluding ortho intramolecular Hbond substituents is 1. The minimum Gasteiger partial charge on any atom is -0.508 e. The zero-order valence-electron chi connectivity index (χ0n) is 15.0. The molecule has 0 amide bonds. The second-order valence-electron chi connectivity index (χ2n) is 8.02. The summed E-state index contributed by atoms with van der Waals surface area (Å²) in [6.07, 6.45) is 0. The van der Waals surface area contributed by atoms with Crippen LogP contribution in [0.3, 0.4) is 0 Å². The molecular weight excluding hydrogens is 298 g/mol. The van der Waals surface area contributed by atoms with E-state index < -0.39 is 0 Å². The zero-order chi connectivity index (χ0) is 17.5. The third-order valence-corrected chi connectivity index (χ3v) is 4.64. The third kappa shape index (κ3) is 2.77. The SMILES string of the molecule is CC(C)(C)C(n1nc2ccccc2n1)C(C)(C)c1ccccc1O. The molecule has 1 heterocycles. The molecule has 0 spiro atoms. The van der Waals surface area contributed by atoms with Crippen LogP contribution >= 0.6 is 0 Å². The molecule has 0 fully saturated rings. The van der Waals surface area contributed by atoms with Gasteiger partial charge in [0.15, 0.2) is 0 Å². The first kappa shape index (κ1) is 16.5. The van der Waals surface area contributed by atoms with Crippen LogP contribution in [0.5, 0.6) is 5.75 Å². The topological polar surface area (TPSA) is 50.9 Å². The highest BCUT2D eigenvalue weighted by molar-refractivity contribution is 5.73. The average Bonchev–Trinajstić information content (AvgIpc) is 2.88. The molecule has 4 heteroatoms. The lowest BCUT2D eigenvalue weighted by molar-refractivity contribution is 0.123. The van der Waals surface area contributed by atoms with E-state index >= 15 is 0 Å². The summed E-state index contributed by atoms with van der Waals surface area (Å²) >= 11 is 0. The Hall–Kier alpha value is -2.36. The van der Waals surface area contributed by atoms with Crippen LogP contribution in [0.4, 0.5) is 0 Å². The Morgan fingerprint density at radius 3 is 1.83 bits per heavy atom. The number of benzene rings is 2. The Morgan fingerprint density at radius 2 is 1.33 bits per heavy atom. The Labute approximate surface area is 143 Å². The van der Waals surface area contributed by atoms with Crippen molar-refractivity contribution in [3.63, 3.8) is 0 Å². The number of para-hydroxylation sites is 1. The smallest absolute Gasteiger partial charge is 0.119 e. The summed E-state index contributed by atoms with van der Waals surface area (Å²) in [7, 11) is 0. The Morgan fingerprint density at radius 1 is 0.833 bits per heavy atom. The second kappa shape index (κ2) is 5.62. The van der Waals surface area contributed by atoms with Crippen molar-refractivity contribution in [2.45, 2.75) is 46.1 Å². The van der Waals surface area contributed by atoms with Gasteiger partial charge in [0.05, 0.1) is 6.04 Å². The molecule has 0 saturated carbocycles. The summed E-state index contributed by atoms with van der Waals surface area (Å²) in [6.45, 7) is 10.9. The molecule has 4 nitrogen and oxygen atoms in total. The van der Waals surface area contributed by atoms with Crippen molar-refractivity contribution in [2.75, 3.05) is 0 Å². The largest absolute Gasteiger partial charge is 0.508 e. The van der Waals surface area contributed by atoms with Crippen molar-refractivity contribution < 1.29 is 5.11 Å². The Kier molecular flexibility index (Phi) is 3.86. The maximum Gasteiger partial charge on any atom is 0.119 e. The van der Waals surface area contributed by atoms with E-state index in [-0.39, 0.29) is 16.9 Å². The number of nitrogens with zero attached hydrogens (tertiary/aromatic N) is 3.